The normalized spacial score (nSPS) is 15.4. The average Bonchev–Trinajstić information content (AvgIpc) is 3.25. The highest BCUT2D eigenvalue weighted by atomic mass is 32.2. The highest BCUT2D eigenvalue weighted by molar-refractivity contribution is 7.91. The number of hydrogen-bond donors (Lipinski definition) is 1. The van der Waals surface area contributed by atoms with E-state index in [2.05, 4.69) is 15.5 Å². The highest BCUT2D eigenvalue weighted by Crippen LogP contribution is 2.18. The molecular formula is C17H21N3O4S. The SMILES string of the molecule is Cc1ccc(S(=O)(=O)CCc2noc(C(=O)NC3CCCC3)n2)cc1. The number of carbonyl (C=O) groups excluding carboxylic acids is 1. The van der Waals surface area contributed by atoms with Gasteiger partial charge in [-0.05, 0) is 31.9 Å². The molecule has 1 aromatic heterocycles. The lowest BCUT2D eigenvalue weighted by Crippen LogP contribution is -2.32. The van der Waals surface area contributed by atoms with Gasteiger partial charge in [0.2, 0.25) is 0 Å². The Morgan fingerprint density at radius 2 is 1.92 bits per heavy atom. The van der Waals surface area contributed by atoms with Crippen molar-refractivity contribution in [3.05, 3.63) is 41.5 Å². The lowest BCUT2D eigenvalue weighted by molar-refractivity contribution is 0.0893. The third-order valence-electron chi connectivity index (χ3n) is 4.33. The van der Waals surface area contributed by atoms with Crippen molar-refractivity contribution in [3.63, 3.8) is 0 Å². The fourth-order valence-electron chi connectivity index (χ4n) is 2.85. The van der Waals surface area contributed by atoms with Gasteiger partial charge in [-0.3, -0.25) is 4.79 Å². The fourth-order valence-corrected chi connectivity index (χ4v) is 4.09. The van der Waals surface area contributed by atoms with Gasteiger partial charge in [-0.1, -0.05) is 35.7 Å². The highest BCUT2D eigenvalue weighted by Gasteiger charge is 2.22. The Morgan fingerprint density at radius 3 is 2.60 bits per heavy atom. The summed E-state index contributed by atoms with van der Waals surface area (Å²) in [6, 6.07) is 6.84. The first-order valence-corrected chi connectivity index (χ1v) is 10.0. The quantitative estimate of drug-likeness (QED) is 0.843. The van der Waals surface area contributed by atoms with Crippen molar-refractivity contribution in [1.29, 1.82) is 0 Å². The molecule has 8 heteroatoms. The molecule has 1 aliphatic carbocycles. The first-order chi connectivity index (χ1) is 11.9. The van der Waals surface area contributed by atoms with Gasteiger partial charge in [0.25, 0.3) is 0 Å². The largest absolute Gasteiger partial charge is 0.345 e. The molecule has 1 saturated carbocycles. The second-order valence-corrected chi connectivity index (χ2v) is 8.46. The van der Waals surface area contributed by atoms with E-state index in [1.807, 2.05) is 6.92 Å². The molecule has 3 rings (SSSR count). The molecule has 1 fully saturated rings. The summed E-state index contributed by atoms with van der Waals surface area (Å²) in [5.74, 6) is -0.437. The molecule has 0 radical (unpaired) electrons. The summed E-state index contributed by atoms with van der Waals surface area (Å²) in [5.41, 5.74) is 0.995. The van der Waals surface area contributed by atoms with E-state index < -0.39 is 15.7 Å². The lowest BCUT2D eigenvalue weighted by Gasteiger charge is -2.08. The number of hydrogen-bond acceptors (Lipinski definition) is 6. The number of rotatable bonds is 6. The third-order valence-corrected chi connectivity index (χ3v) is 6.06. The van der Waals surface area contributed by atoms with Gasteiger partial charge in [0.15, 0.2) is 15.7 Å². The summed E-state index contributed by atoms with van der Waals surface area (Å²) in [6.07, 6.45) is 4.23. The first kappa shape index (κ1) is 17.6. The second-order valence-electron chi connectivity index (χ2n) is 6.35. The predicted molar refractivity (Wildman–Crippen MR) is 91.0 cm³/mol. The summed E-state index contributed by atoms with van der Waals surface area (Å²) < 4.78 is 29.6. The molecule has 1 amide bonds. The van der Waals surface area contributed by atoms with Crippen LogP contribution in [0.25, 0.3) is 0 Å². The van der Waals surface area contributed by atoms with Crippen LogP contribution in [0.2, 0.25) is 0 Å². The summed E-state index contributed by atoms with van der Waals surface area (Å²) in [7, 11) is -3.43. The Morgan fingerprint density at radius 1 is 1.24 bits per heavy atom. The van der Waals surface area contributed by atoms with E-state index >= 15 is 0 Å². The van der Waals surface area contributed by atoms with E-state index in [0.29, 0.717) is 0 Å². The van der Waals surface area contributed by atoms with E-state index in [1.54, 1.807) is 24.3 Å². The van der Waals surface area contributed by atoms with Crippen LogP contribution in [0.15, 0.2) is 33.7 Å². The van der Waals surface area contributed by atoms with Gasteiger partial charge in [0.1, 0.15) is 0 Å². The van der Waals surface area contributed by atoms with E-state index in [4.69, 9.17) is 4.52 Å². The Balaban J connectivity index is 1.59. The molecule has 0 atom stereocenters. The van der Waals surface area contributed by atoms with Crippen molar-refractivity contribution in [2.45, 2.75) is 50.0 Å². The second kappa shape index (κ2) is 7.35. The van der Waals surface area contributed by atoms with Crippen molar-refractivity contribution >= 4 is 15.7 Å². The number of nitrogens with zero attached hydrogens (tertiary/aromatic N) is 2. The van der Waals surface area contributed by atoms with Gasteiger partial charge in [0.05, 0.1) is 10.6 Å². The van der Waals surface area contributed by atoms with Crippen molar-refractivity contribution in [2.75, 3.05) is 5.75 Å². The lowest BCUT2D eigenvalue weighted by atomic mass is 10.2. The molecule has 7 nitrogen and oxygen atoms in total. The zero-order valence-electron chi connectivity index (χ0n) is 14.1. The smallest absolute Gasteiger partial charge is 0.315 e. The molecule has 134 valence electrons. The van der Waals surface area contributed by atoms with Gasteiger partial charge in [-0.15, -0.1) is 0 Å². The molecule has 0 bridgehead atoms. The number of nitrogens with one attached hydrogen (secondary N) is 1. The van der Waals surface area contributed by atoms with Crippen molar-refractivity contribution in [2.24, 2.45) is 0 Å². The maximum absolute atomic E-state index is 12.3. The molecule has 0 unspecified atom stereocenters. The number of amides is 1. The minimum atomic E-state index is -3.43. The van der Waals surface area contributed by atoms with Crippen molar-refractivity contribution in [1.82, 2.24) is 15.5 Å². The van der Waals surface area contributed by atoms with Crippen LogP contribution in [0.3, 0.4) is 0 Å². The van der Waals surface area contributed by atoms with Crippen LogP contribution in [-0.2, 0) is 16.3 Å². The zero-order chi connectivity index (χ0) is 17.9. The van der Waals surface area contributed by atoms with Crippen LogP contribution < -0.4 is 5.32 Å². The standard InChI is InChI=1S/C17H21N3O4S/c1-12-6-8-14(9-7-12)25(22,23)11-10-15-19-17(24-20-15)16(21)18-13-4-2-3-5-13/h6-9,13H,2-5,10-11H2,1H3,(H,18,21). The van der Waals surface area contributed by atoms with Gasteiger partial charge < -0.3 is 9.84 Å². The van der Waals surface area contributed by atoms with Crippen LogP contribution in [0.1, 0.15) is 47.8 Å². The molecular weight excluding hydrogens is 342 g/mol. The molecule has 1 heterocycles. The molecule has 2 aromatic rings. The third kappa shape index (κ3) is 4.45. The summed E-state index contributed by atoms with van der Waals surface area (Å²) >= 11 is 0. The maximum atomic E-state index is 12.3. The van der Waals surface area contributed by atoms with Crippen LogP contribution in [0, 0.1) is 6.92 Å². The van der Waals surface area contributed by atoms with Gasteiger partial charge in [-0.2, -0.15) is 4.98 Å². The Hall–Kier alpha value is -2.22. The van der Waals surface area contributed by atoms with Crippen molar-refractivity contribution in [3.8, 4) is 0 Å². The molecule has 25 heavy (non-hydrogen) atoms. The molecule has 1 aliphatic rings. The maximum Gasteiger partial charge on any atom is 0.315 e. The van der Waals surface area contributed by atoms with E-state index in [0.717, 1.165) is 31.2 Å². The summed E-state index contributed by atoms with van der Waals surface area (Å²) in [4.78, 5) is 16.3. The Bertz CT molecular complexity index is 837. The molecule has 1 N–H and O–H groups in total. The number of carbonyl (C=O) groups is 1. The molecule has 0 aliphatic heterocycles. The monoisotopic (exact) mass is 363 g/mol. The molecule has 0 saturated heterocycles. The molecule has 1 aromatic carbocycles. The van der Waals surface area contributed by atoms with E-state index in [-0.39, 0.29) is 34.8 Å². The number of aryl methyl sites for hydroxylation is 2. The minimum Gasteiger partial charge on any atom is -0.345 e. The van der Waals surface area contributed by atoms with Crippen LogP contribution >= 0.6 is 0 Å². The summed E-state index contributed by atoms with van der Waals surface area (Å²) in [6.45, 7) is 1.90. The number of benzene rings is 1. The topological polar surface area (TPSA) is 102 Å². The van der Waals surface area contributed by atoms with Crippen LogP contribution in [0.4, 0.5) is 0 Å². The Labute approximate surface area is 146 Å². The van der Waals surface area contributed by atoms with Crippen molar-refractivity contribution < 1.29 is 17.7 Å². The number of sulfone groups is 1. The van der Waals surface area contributed by atoms with Crippen LogP contribution in [-0.4, -0.2) is 36.3 Å². The first-order valence-electron chi connectivity index (χ1n) is 8.37. The van der Waals surface area contributed by atoms with Gasteiger partial charge in [-0.25, -0.2) is 8.42 Å². The van der Waals surface area contributed by atoms with E-state index in [1.165, 1.54) is 0 Å². The van der Waals surface area contributed by atoms with Gasteiger partial charge >= 0.3 is 11.8 Å². The Kier molecular flexibility index (Phi) is 5.17. The fraction of sp³-hybridized carbons (Fsp3) is 0.471. The zero-order valence-corrected chi connectivity index (χ0v) is 14.9. The van der Waals surface area contributed by atoms with Gasteiger partial charge in [0, 0.05) is 12.5 Å². The minimum absolute atomic E-state index is 0.0937. The van der Waals surface area contributed by atoms with E-state index in [9.17, 15) is 13.2 Å². The van der Waals surface area contributed by atoms with Crippen LogP contribution in [0.5, 0.6) is 0 Å². The number of aromatic nitrogens is 2. The predicted octanol–water partition coefficient (Wildman–Crippen LogP) is 2.07. The average molecular weight is 363 g/mol. The summed E-state index contributed by atoms with van der Waals surface area (Å²) in [5, 5.41) is 6.57. The molecule has 0 spiro atoms.